The minimum atomic E-state index is 0.644. The van der Waals surface area contributed by atoms with Crippen LogP contribution in [0.4, 0.5) is 0 Å². The summed E-state index contributed by atoms with van der Waals surface area (Å²) in [4.78, 5) is 10.3. The van der Waals surface area contributed by atoms with E-state index in [4.69, 9.17) is 0 Å². The number of rotatable bonds is 7. The average Bonchev–Trinajstić information content (AvgIpc) is 2.28. The lowest BCUT2D eigenvalue weighted by molar-refractivity contribution is -0.107. The van der Waals surface area contributed by atoms with Crippen molar-refractivity contribution in [2.75, 3.05) is 0 Å². The largest absolute Gasteiger partial charge is 0.303 e. The molecule has 0 radical (unpaired) electrons. The van der Waals surface area contributed by atoms with Crippen LogP contribution in [-0.2, 0) is 17.6 Å². The van der Waals surface area contributed by atoms with Gasteiger partial charge in [0.25, 0.3) is 0 Å². The summed E-state index contributed by atoms with van der Waals surface area (Å²) >= 11 is 0. The second kappa shape index (κ2) is 7.22. The first kappa shape index (κ1) is 12.0. The van der Waals surface area contributed by atoms with E-state index in [0.29, 0.717) is 6.42 Å². The van der Waals surface area contributed by atoms with Crippen LogP contribution < -0.4 is 0 Å². The molecular formula is C14H20O. The molecule has 0 spiro atoms. The quantitative estimate of drug-likeness (QED) is 0.490. The van der Waals surface area contributed by atoms with Gasteiger partial charge < -0.3 is 4.79 Å². The fourth-order valence-electron chi connectivity index (χ4n) is 1.83. The first-order valence-corrected chi connectivity index (χ1v) is 5.89. The number of carbonyl (C=O) groups is 1. The number of hydrogen-bond acceptors (Lipinski definition) is 1. The first-order chi connectivity index (χ1) is 7.38. The van der Waals surface area contributed by atoms with E-state index in [9.17, 15) is 4.79 Å². The van der Waals surface area contributed by atoms with Gasteiger partial charge in [-0.3, -0.25) is 0 Å². The molecule has 0 aromatic heterocycles. The number of benzene rings is 1. The Morgan fingerprint density at radius 2 is 1.73 bits per heavy atom. The fraction of sp³-hybridized carbons (Fsp3) is 0.500. The highest BCUT2D eigenvalue weighted by Crippen LogP contribution is 2.14. The molecule has 1 aromatic rings. The minimum Gasteiger partial charge on any atom is -0.303 e. The highest BCUT2D eigenvalue weighted by atomic mass is 16.1. The van der Waals surface area contributed by atoms with Crippen molar-refractivity contribution in [1.29, 1.82) is 0 Å². The molecule has 1 rings (SSSR count). The highest BCUT2D eigenvalue weighted by molar-refractivity contribution is 5.50. The second-order valence-corrected chi connectivity index (χ2v) is 3.93. The van der Waals surface area contributed by atoms with Gasteiger partial charge in [0.2, 0.25) is 0 Å². The van der Waals surface area contributed by atoms with Gasteiger partial charge in [0.05, 0.1) is 0 Å². The van der Waals surface area contributed by atoms with Crippen molar-refractivity contribution in [2.45, 2.75) is 45.4 Å². The van der Waals surface area contributed by atoms with Crippen LogP contribution in [0.3, 0.4) is 0 Å². The molecule has 82 valence electrons. The van der Waals surface area contributed by atoms with E-state index in [2.05, 4.69) is 31.2 Å². The van der Waals surface area contributed by atoms with Crippen LogP contribution in [0, 0.1) is 0 Å². The van der Waals surface area contributed by atoms with Crippen LogP contribution in [0.1, 0.15) is 43.7 Å². The van der Waals surface area contributed by atoms with Gasteiger partial charge in [-0.2, -0.15) is 0 Å². The Kier molecular flexibility index (Phi) is 5.76. The molecule has 0 unspecified atom stereocenters. The van der Waals surface area contributed by atoms with Crippen molar-refractivity contribution >= 4 is 6.29 Å². The second-order valence-electron chi connectivity index (χ2n) is 3.93. The lowest BCUT2D eigenvalue weighted by atomic mass is 9.98. The van der Waals surface area contributed by atoms with Gasteiger partial charge in [-0.05, 0) is 30.4 Å². The third-order valence-electron chi connectivity index (χ3n) is 2.70. The number of carbonyl (C=O) groups excluding carboxylic acids is 1. The zero-order chi connectivity index (χ0) is 10.9. The topological polar surface area (TPSA) is 17.1 Å². The standard InChI is InChI=1S/C14H20O/c1-2-3-4-8-13-9-5-6-10-14(13)11-7-12-15/h5-6,9-10,12H,2-4,7-8,11H2,1H3. The van der Waals surface area contributed by atoms with E-state index < -0.39 is 0 Å². The Labute approximate surface area is 92.5 Å². The zero-order valence-electron chi connectivity index (χ0n) is 9.54. The molecule has 0 aliphatic heterocycles. The molecule has 0 saturated carbocycles. The molecule has 0 saturated heterocycles. The minimum absolute atomic E-state index is 0.644. The first-order valence-electron chi connectivity index (χ1n) is 5.89. The van der Waals surface area contributed by atoms with Crippen molar-refractivity contribution < 1.29 is 4.79 Å². The maximum Gasteiger partial charge on any atom is 0.120 e. The van der Waals surface area contributed by atoms with Crippen LogP contribution in [0.5, 0.6) is 0 Å². The molecule has 1 heteroatoms. The van der Waals surface area contributed by atoms with Gasteiger partial charge in [-0.25, -0.2) is 0 Å². The molecular weight excluding hydrogens is 184 g/mol. The predicted molar refractivity (Wildman–Crippen MR) is 64.1 cm³/mol. The Hall–Kier alpha value is -1.11. The number of unbranched alkanes of at least 4 members (excludes halogenated alkanes) is 2. The highest BCUT2D eigenvalue weighted by Gasteiger charge is 2.00. The van der Waals surface area contributed by atoms with Gasteiger partial charge in [-0.15, -0.1) is 0 Å². The van der Waals surface area contributed by atoms with Gasteiger partial charge >= 0.3 is 0 Å². The normalized spacial score (nSPS) is 10.2. The maximum absolute atomic E-state index is 10.3. The smallest absolute Gasteiger partial charge is 0.120 e. The lowest BCUT2D eigenvalue weighted by Crippen LogP contribution is -1.95. The van der Waals surface area contributed by atoms with Crippen LogP contribution in [0.2, 0.25) is 0 Å². The van der Waals surface area contributed by atoms with E-state index in [1.165, 1.54) is 30.4 Å². The van der Waals surface area contributed by atoms with E-state index in [1.807, 2.05) is 0 Å². The SMILES string of the molecule is CCCCCc1ccccc1CCC=O. The van der Waals surface area contributed by atoms with Gasteiger partial charge in [0.15, 0.2) is 0 Å². The molecule has 0 heterocycles. The fourth-order valence-corrected chi connectivity index (χ4v) is 1.83. The summed E-state index contributed by atoms with van der Waals surface area (Å²) in [5.74, 6) is 0. The van der Waals surface area contributed by atoms with Gasteiger partial charge in [0, 0.05) is 6.42 Å². The van der Waals surface area contributed by atoms with Crippen molar-refractivity contribution in [2.24, 2.45) is 0 Å². The van der Waals surface area contributed by atoms with Crippen molar-refractivity contribution in [3.63, 3.8) is 0 Å². The van der Waals surface area contributed by atoms with Gasteiger partial charge in [0.1, 0.15) is 6.29 Å². The molecule has 0 amide bonds. The van der Waals surface area contributed by atoms with Crippen LogP contribution in [-0.4, -0.2) is 6.29 Å². The van der Waals surface area contributed by atoms with E-state index >= 15 is 0 Å². The molecule has 0 fully saturated rings. The summed E-state index contributed by atoms with van der Waals surface area (Å²) in [5.41, 5.74) is 2.77. The Bertz CT molecular complexity index is 291. The van der Waals surface area contributed by atoms with Gasteiger partial charge in [-0.1, -0.05) is 44.0 Å². The number of aryl methyl sites for hydroxylation is 2. The lowest BCUT2D eigenvalue weighted by Gasteiger charge is -2.07. The summed E-state index contributed by atoms with van der Waals surface area (Å²) in [5, 5.41) is 0. The zero-order valence-corrected chi connectivity index (χ0v) is 9.54. The van der Waals surface area contributed by atoms with E-state index in [0.717, 1.165) is 19.1 Å². The summed E-state index contributed by atoms with van der Waals surface area (Å²) in [7, 11) is 0. The predicted octanol–water partition coefficient (Wildman–Crippen LogP) is 3.55. The molecule has 1 aromatic carbocycles. The molecule has 0 aliphatic rings. The molecule has 0 N–H and O–H groups in total. The van der Waals surface area contributed by atoms with Crippen LogP contribution in [0.15, 0.2) is 24.3 Å². The molecule has 0 bridgehead atoms. The Morgan fingerprint density at radius 1 is 1.07 bits per heavy atom. The maximum atomic E-state index is 10.3. The number of aldehydes is 1. The third kappa shape index (κ3) is 4.28. The summed E-state index contributed by atoms with van der Waals surface area (Å²) in [6, 6.07) is 8.48. The van der Waals surface area contributed by atoms with Crippen LogP contribution >= 0.6 is 0 Å². The van der Waals surface area contributed by atoms with Crippen molar-refractivity contribution in [3.8, 4) is 0 Å². The summed E-state index contributed by atoms with van der Waals surface area (Å²) in [6.45, 7) is 2.22. The number of hydrogen-bond donors (Lipinski definition) is 0. The summed E-state index contributed by atoms with van der Waals surface area (Å²) < 4.78 is 0. The van der Waals surface area contributed by atoms with E-state index in [1.54, 1.807) is 0 Å². The molecule has 1 nitrogen and oxygen atoms in total. The Balaban J connectivity index is 2.55. The molecule has 0 atom stereocenters. The third-order valence-corrected chi connectivity index (χ3v) is 2.70. The van der Waals surface area contributed by atoms with Crippen molar-refractivity contribution in [1.82, 2.24) is 0 Å². The monoisotopic (exact) mass is 204 g/mol. The van der Waals surface area contributed by atoms with Crippen LogP contribution in [0.25, 0.3) is 0 Å². The van der Waals surface area contributed by atoms with E-state index in [-0.39, 0.29) is 0 Å². The Morgan fingerprint density at radius 3 is 2.33 bits per heavy atom. The average molecular weight is 204 g/mol. The molecule has 0 aliphatic carbocycles. The summed E-state index contributed by atoms with van der Waals surface area (Å²) in [6.07, 6.45) is 7.51. The molecule has 15 heavy (non-hydrogen) atoms. The van der Waals surface area contributed by atoms with Crippen molar-refractivity contribution in [3.05, 3.63) is 35.4 Å².